The maximum absolute atomic E-state index is 12.7. The molecule has 174 valence electrons. The second kappa shape index (κ2) is 11.8. The monoisotopic (exact) mass is 464 g/mol. The number of hydrogen-bond donors (Lipinski definition) is 1. The fourth-order valence-corrected chi connectivity index (χ4v) is 5.32. The van der Waals surface area contributed by atoms with E-state index in [0.29, 0.717) is 17.7 Å². The van der Waals surface area contributed by atoms with E-state index < -0.39 is 15.8 Å². The van der Waals surface area contributed by atoms with Gasteiger partial charge >= 0.3 is 5.97 Å². The van der Waals surface area contributed by atoms with Crippen LogP contribution < -0.4 is 0 Å². The lowest BCUT2D eigenvalue weighted by molar-refractivity contribution is -0.142. The Morgan fingerprint density at radius 1 is 0.758 bits per heavy atom. The number of aliphatic carboxylic acids is 1. The maximum atomic E-state index is 12.7. The van der Waals surface area contributed by atoms with Crippen molar-refractivity contribution in [2.24, 2.45) is 5.92 Å². The standard InChI is InChI=1S/C28H32O4S/c1-2-22-11-13-24(14-12-22)15-18-26(28(29)30)10-6-9-23-16-19-27(20-17-23)33(31,32)21-25-7-4-3-5-8-25/h3-5,7-8,11-14,16-17,19-20,26H,2,6,9-10,15,18,21H2,1H3,(H,29,30). The van der Waals surface area contributed by atoms with Crippen molar-refractivity contribution in [3.05, 3.63) is 101 Å². The van der Waals surface area contributed by atoms with Gasteiger partial charge in [-0.2, -0.15) is 0 Å². The average molecular weight is 465 g/mol. The first-order valence-corrected chi connectivity index (χ1v) is 13.2. The van der Waals surface area contributed by atoms with Crippen LogP contribution in [0.2, 0.25) is 0 Å². The molecular weight excluding hydrogens is 432 g/mol. The molecule has 3 rings (SSSR count). The highest BCUT2D eigenvalue weighted by Gasteiger charge is 2.18. The van der Waals surface area contributed by atoms with Crippen molar-refractivity contribution >= 4 is 15.8 Å². The van der Waals surface area contributed by atoms with Gasteiger partial charge in [-0.25, -0.2) is 8.42 Å². The summed E-state index contributed by atoms with van der Waals surface area (Å²) in [4.78, 5) is 12.0. The summed E-state index contributed by atoms with van der Waals surface area (Å²) >= 11 is 0. The molecule has 0 aliphatic carbocycles. The Kier molecular flexibility index (Phi) is 8.84. The molecule has 0 aliphatic heterocycles. The highest BCUT2D eigenvalue weighted by atomic mass is 32.2. The van der Waals surface area contributed by atoms with Crippen LogP contribution in [0.4, 0.5) is 0 Å². The summed E-state index contributed by atoms with van der Waals surface area (Å²) in [7, 11) is -3.39. The molecule has 3 aromatic rings. The van der Waals surface area contributed by atoms with Crippen LogP contribution in [0.1, 0.15) is 48.4 Å². The van der Waals surface area contributed by atoms with Crippen LogP contribution in [0.3, 0.4) is 0 Å². The summed E-state index contributed by atoms with van der Waals surface area (Å²) < 4.78 is 25.3. The zero-order chi connectivity index (χ0) is 23.7. The van der Waals surface area contributed by atoms with Crippen molar-refractivity contribution in [3.63, 3.8) is 0 Å². The van der Waals surface area contributed by atoms with Gasteiger partial charge in [0.15, 0.2) is 9.84 Å². The topological polar surface area (TPSA) is 71.4 Å². The third-order valence-electron chi connectivity index (χ3n) is 6.06. The van der Waals surface area contributed by atoms with Gasteiger partial charge in [0.1, 0.15) is 0 Å². The lowest BCUT2D eigenvalue weighted by atomic mass is 9.93. The van der Waals surface area contributed by atoms with Crippen molar-refractivity contribution in [2.75, 3.05) is 0 Å². The minimum Gasteiger partial charge on any atom is -0.481 e. The molecule has 1 atom stereocenters. The molecule has 1 unspecified atom stereocenters. The van der Waals surface area contributed by atoms with E-state index in [1.807, 2.05) is 42.5 Å². The number of aryl methyl sites for hydroxylation is 3. The Hall–Kier alpha value is -2.92. The van der Waals surface area contributed by atoms with E-state index in [1.165, 1.54) is 11.1 Å². The van der Waals surface area contributed by atoms with Crippen LogP contribution in [-0.2, 0) is 39.6 Å². The van der Waals surface area contributed by atoms with E-state index in [9.17, 15) is 18.3 Å². The molecule has 0 aliphatic rings. The Morgan fingerprint density at radius 2 is 1.33 bits per heavy atom. The van der Waals surface area contributed by atoms with E-state index in [2.05, 4.69) is 31.2 Å². The number of benzene rings is 3. The molecule has 1 N–H and O–H groups in total. The van der Waals surface area contributed by atoms with E-state index in [1.54, 1.807) is 12.1 Å². The molecule has 0 saturated heterocycles. The first kappa shape index (κ1) is 24.7. The van der Waals surface area contributed by atoms with Gasteiger partial charge in [0, 0.05) is 0 Å². The van der Waals surface area contributed by atoms with Gasteiger partial charge in [0.2, 0.25) is 0 Å². The minimum atomic E-state index is -3.39. The first-order valence-electron chi connectivity index (χ1n) is 11.5. The van der Waals surface area contributed by atoms with Crippen LogP contribution in [-0.4, -0.2) is 19.5 Å². The van der Waals surface area contributed by atoms with Crippen molar-refractivity contribution < 1.29 is 18.3 Å². The number of carboxylic acids is 1. The molecule has 5 heteroatoms. The molecule has 0 radical (unpaired) electrons. The third-order valence-corrected chi connectivity index (χ3v) is 7.77. The minimum absolute atomic E-state index is 0.0192. The lowest BCUT2D eigenvalue weighted by Crippen LogP contribution is -2.15. The van der Waals surface area contributed by atoms with E-state index in [-0.39, 0.29) is 11.7 Å². The van der Waals surface area contributed by atoms with Crippen molar-refractivity contribution in [1.82, 2.24) is 0 Å². The third kappa shape index (κ3) is 7.57. The molecule has 0 spiro atoms. The van der Waals surface area contributed by atoms with Crippen LogP contribution in [0.5, 0.6) is 0 Å². The molecule has 0 bridgehead atoms. The van der Waals surface area contributed by atoms with Gasteiger partial charge in [-0.1, -0.05) is 73.7 Å². The summed E-state index contributed by atoms with van der Waals surface area (Å²) in [6, 6.07) is 24.5. The summed E-state index contributed by atoms with van der Waals surface area (Å²) in [6.45, 7) is 2.12. The van der Waals surface area contributed by atoms with Gasteiger partial charge in [-0.3, -0.25) is 4.79 Å². The molecular formula is C28H32O4S. The average Bonchev–Trinajstić information content (AvgIpc) is 2.82. The van der Waals surface area contributed by atoms with Gasteiger partial charge in [-0.05, 0) is 72.9 Å². The summed E-state index contributed by atoms with van der Waals surface area (Å²) in [5.41, 5.74) is 4.24. The largest absolute Gasteiger partial charge is 0.481 e. The number of carboxylic acid groups (broad SMARTS) is 1. The fourth-order valence-electron chi connectivity index (χ4n) is 3.97. The van der Waals surface area contributed by atoms with E-state index >= 15 is 0 Å². The van der Waals surface area contributed by atoms with E-state index in [4.69, 9.17) is 0 Å². The SMILES string of the molecule is CCc1ccc(CCC(CCCc2ccc(S(=O)(=O)Cc3ccccc3)cc2)C(=O)O)cc1. The molecule has 0 amide bonds. The van der Waals surface area contributed by atoms with Crippen LogP contribution in [0.25, 0.3) is 0 Å². The smallest absolute Gasteiger partial charge is 0.306 e. The highest BCUT2D eigenvalue weighted by molar-refractivity contribution is 7.90. The predicted molar refractivity (Wildman–Crippen MR) is 132 cm³/mol. The zero-order valence-electron chi connectivity index (χ0n) is 19.1. The Morgan fingerprint density at radius 3 is 1.94 bits per heavy atom. The molecule has 3 aromatic carbocycles. The van der Waals surface area contributed by atoms with Gasteiger partial charge in [0.25, 0.3) is 0 Å². The summed E-state index contributed by atoms with van der Waals surface area (Å²) in [5, 5.41) is 9.61. The van der Waals surface area contributed by atoms with Gasteiger partial charge in [0.05, 0.1) is 16.6 Å². The number of rotatable bonds is 12. The Labute approximate surface area is 197 Å². The summed E-state index contributed by atoms with van der Waals surface area (Å²) in [6.07, 6.45) is 4.47. The molecule has 33 heavy (non-hydrogen) atoms. The second-order valence-corrected chi connectivity index (χ2v) is 10.5. The van der Waals surface area contributed by atoms with Crippen LogP contribution in [0.15, 0.2) is 83.8 Å². The van der Waals surface area contributed by atoms with Crippen molar-refractivity contribution in [3.8, 4) is 0 Å². The van der Waals surface area contributed by atoms with Crippen molar-refractivity contribution in [2.45, 2.75) is 56.1 Å². The molecule has 0 heterocycles. The molecule has 0 fully saturated rings. The van der Waals surface area contributed by atoms with Gasteiger partial charge < -0.3 is 5.11 Å². The van der Waals surface area contributed by atoms with Crippen molar-refractivity contribution in [1.29, 1.82) is 0 Å². The molecule has 0 saturated carbocycles. The normalized spacial score (nSPS) is 12.4. The first-order chi connectivity index (χ1) is 15.9. The fraction of sp³-hybridized carbons (Fsp3) is 0.321. The Balaban J connectivity index is 1.50. The second-order valence-electron chi connectivity index (χ2n) is 8.52. The van der Waals surface area contributed by atoms with Gasteiger partial charge in [-0.15, -0.1) is 0 Å². The number of carbonyl (C=O) groups is 1. The number of sulfone groups is 1. The maximum Gasteiger partial charge on any atom is 0.306 e. The van der Waals surface area contributed by atoms with Crippen LogP contribution in [0, 0.1) is 5.92 Å². The molecule has 0 aromatic heterocycles. The van der Waals surface area contributed by atoms with E-state index in [0.717, 1.165) is 36.8 Å². The quantitative estimate of drug-likeness (QED) is 0.363. The number of hydrogen-bond acceptors (Lipinski definition) is 3. The predicted octanol–water partition coefficient (Wildman–Crippen LogP) is 5.88. The lowest BCUT2D eigenvalue weighted by Gasteiger charge is -2.13. The Bertz CT molecular complexity index is 1120. The molecule has 4 nitrogen and oxygen atoms in total. The summed E-state index contributed by atoms with van der Waals surface area (Å²) in [5.74, 6) is -1.14. The highest BCUT2D eigenvalue weighted by Crippen LogP contribution is 2.20. The van der Waals surface area contributed by atoms with Crippen LogP contribution >= 0.6 is 0 Å². The zero-order valence-corrected chi connectivity index (χ0v) is 19.9.